The third kappa shape index (κ3) is 5.37. The van der Waals surface area contributed by atoms with E-state index in [9.17, 15) is 9.90 Å². The number of carbonyl (C=O) groups excluding carboxylic acids is 1. The fraction of sp³-hybridized carbons (Fsp3) is 0.519. The molecule has 182 valence electrons. The van der Waals surface area contributed by atoms with Gasteiger partial charge in [0.1, 0.15) is 24.2 Å². The lowest BCUT2D eigenvalue weighted by Crippen LogP contribution is -2.44. The van der Waals surface area contributed by atoms with Crippen LogP contribution in [0.3, 0.4) is 0 Å². The van der Waals surface area contributed by atoms with Gasteiger partial charge >= 0.3 is 0 Å². The minimum Gasteiger partial charge on any atom is -0.491 e. The predicted octanol–water partition coefficient (Wildman–Crippen LogP) is 2.41. The average Bonchev–Trinajstić information content (AvgIpc) is 2.99. The van der Waals surface area contributed by atoms with E-state index in [1.165, 1.54) is 11.1 Å². The Morgan fingerprint density at radius 3 is 2.68 bits per heavy atom. The molecule has 5 rings (SSSR count). The highest BCUT2D eigenvalue weighted by Crippen LogP contribution is 2.30. The number of amides is 1. The van der Waals surface area contributed by atoms with Crippen LogP contribution in [0.25, 0.3) is 0 Å². The number of likely N-dealkylation sites (tertiary alicyclic amines) is 1. The first-order valence-corrected chi connectivity index (χ1v) is 12.4. The molecule has 1 fully saturated rings. The molecule has 0 saturated carbocycles. The van der Waals surface area contributed by atoms with E-state index >= 15 is 0 Å². The van der Waals surface area contributed by atoms with Gasteiger partial charge in [0.25, 0.3) is 5.91 Å². The van der Waals surface area contributed by atoms with Gasteiger partial charge in [-0.25, -0.2) is 0 Å². The smallest absolute Gasteiger partial charge is 0.257 e. The Morgan fingerprint density at radius 2 is 1.85 bits per heavy atom. The van der Waals surface area contributed by atoms with Crippen LogP contribution in [0.15, 0.2) is 42.5 Å². The molecule has 0 aliphatic carbocycles. The van der Waals surface area contributed by atoms with E-state index in [4.69, 9.17) is 9.47 Å². The first-order chi connectivity index (χ1) is 16.5. The van der Waals surface area contributed by atoms with E-state index in [1.807, 2.05) is 12.1 Å². The fourth-order valence-electron chi connectivity index (χ4n) is 5.20. The summed E-state index contributed by atoms with van der Waals surface area (Å²) in [6.45, 7) is 5.54. The molecule has 2 aromatic carbocycles. The topological polar surface area (TPSA) is 65.5 Å². The van der Waals surface area contributed by atoms with Gasteiger partial charge in [0.15, 0.2) is 0 Å². The maximum Gasteiger partial charge on any atom is 0.257 e. The minimum absolute atomic E-state index is 0.0959. The summed E-state index contributed by atoms with van der Waals surface area (Å²) >= 11 is 0. The van der Waals surface area contributed by atoms with Crippen molar-refractivity contribution in [3.8, 4) is 11.5 Å². The van der Waals surface area contributed by atoms with Crippen LogP contribution in [0, 0.1) is 0 Å². The summed E-state index contributed by atoms with van der Waals surface area (Å²) in [4.78, 5) is 19.5. The molecule has 1 atom stereocenters. The summed E-state index contributed by atoms with van der Waals surface area (Å²) in [5, 5.41) is 10.8. The van der Waals surface area contributed by atoms with E-state index in [1.54, 1.807) is 11.0 Å². The Morgan fingerprint density at radius 1 is 1.06 bits per heavy atom. The van der Waals surface area contributed by atoms with E-state index in [2.05, 4.69) is 41.1 Å². The molecule has 7 nitrogen and oxygen atoms in total. The first kappa shape index (κ1) is 23.1. The number of hydrogen-bond acceptors (Lipinski definition) is 6. The third-order valence-electron chi connectivity index (χ3n) is 7.17. The number of rotatable bonds is 6. The van der Waals surface area contributed by atoms with E-state index < -0.39 is 6.10 Å². The molecule has 7 heteroatoms. The van der Waals surface area contributed by atoms with Crippen LogP contribution in [-0.2, 0) is 13.0 Å². The highest BCUT2D eigenvalue weighted by Gasteiger charge is 2.27. The number of benzene rings is 2. The standard InChI is InChI=1S/C27H35N3O4/c1-28-11-9-23(10-12-28)34-24-6-7-25-26(16-24)33-15-14-30(27(25)32)19-22(31)18-29-13-8-20-4-2-3-5-21(20)17-29/h2-7,16,22-23,31H,8-15,17-19H2,1H3. The van der Waals surface area contributed by atoms with Gasteiger partial charge < -0.3 is 24.4 Å². The lowest BCUT2D eigenvalue weighted by Gasteiger charge is -2.32. The molecule has 1 saturated heterocycles. The number of hydrogen-bond donors (Lipinski definition) is 1. The molecule has 3 heterocycles. The van der Waals surface area contributed by atoms with Gasteiger partial charge in [-0.15, -0.1) is 0 Å². The molecule has 2 aromatic rings. The van der Waals surface area contributed by atoms with Crippen LogP contribution in [0.2, 0.25) is 0 Å². The van der Waals surface area contributed by atoms with E-state index in [-0.39, 0.29) is 12.0 Å². The molecular formula is C27H35N3O4. The molecule has 1 N–H and O–H groups in total. The van der Waals surface area contributed by atoms with Crippen molar-refractivity contribution in [2.45, 2.75) is 38.0 Å². The monoisotopic (exact) mass is 465 g/mol. The number of β-amino-alcohol motifs (C(OH)–C–C–N with tert-alkyl or cyclic N) is 1. The molecular weight excluding hydrogens is 430 g/mol. The number of aliphatic hydroxyl groups is 1. The second kappa shape index (κ2) is 10.3. The van der Waals surface area contributed by atoms with Crippen LogP contribution in [0.1, 0.15) is 34.3 Å². The van der Waals surface area contributed by atoms with Gasteiger partial charge in [-0.1, -0.05) is 24.3 Å². The summed E-state index contributed by atoms with van der Waals surface area (Å²) < 4.78 is 12.1. The number of ether oxygens (including phenoxy) is 2. The van der Waals surface area contributed by atoms with Gasteiger partial charge in [-0.05, 0) is 49.6 Å². The normalized spacial score (nSPS) is 20.8. The lowest BCUT2D eigenvalue weighted by atomic mass is 10.00. The van der Waals surface area contributed by atoms with Gasteiger partial charge in [0, 0.05) is 45.3 Å². The maximum atomic E-state index is 13.2. The van der Waals surface area contributed by atoms with Crippen molar-refractivity contribution in [2.24, 2.45) is 0 Å². The molecule has 1 amide bonds. The maximum absolute atomic E-state index is 13.2. The number of aliphatic hydroxyl groups excluding tert-OH is 1. The number of fused-ring (bicyclic) bond motifs is 2. The van der Waals surface area contributed by atoms with Crippen LogP contribution in [0.4, 0.5) is 0 Å². The molecule has 0 aromatic heterocycles. The Hall–Kier alpha value is -2.61. The Balaban J connectivity index is 1.18. The Bertz CT molecular complexity index is 1010. The van der Waals surface area contributed by atoms with Gasteiger partial charge in [0.2, 0.25) is 0 Å². The molecule has 0 spiro atoms. The van der Waals surface area contributed by atoms with Crippen molar-refractivity contribution < 1.29 is 19.4 Å². The zero-order chi connectivity index (χ0) is 23.5. The van der Waals surface area contributed by atoms with Crippen molar-refractivity contribution in [1.29, 1.82) is 0 Å². The largest absolute Gasteiger partial charge is 0.491 e. The predicted molar refractivity (Wildman–Crippen MR) is 130 cm³/mol. The van der Waals surface area contributed by atoms with Crippen molar-refractivity contribution in [3.63, 3.8) is 0 Å². The van der Waals surface area contributed by atoms with E-state index in [0.717, 1.165) is 51.2 Å². The number of nitrogens with zero attached hydrogens (tertiary/aromatic N) is 3. The summed E-state index contributed by atoms with van der Waals surface area (Å²) in [6, 6.07) is 14.0. The second-order valence-corrected chi connectivity index (χ2v) is 9.79. The molecule has 0 bridgehead atoms. The summed E-state index contributed by atoms with van der Waals surface area (Å²) in [6.07, 6.45) is 2.59. The highest BCUT2D eigenvalue weighted by molar-refractivity contribution is 5.97. The van der Waals surface area contributed by atoms with Crippen LogP contribution < -0.4 is 9.47 Å². The summed E-state index contributed by atoms with van der Waals surface area (Å²) in [5.74, 6) is 1.22. The quantitative estimate of drug-likeness (QED) is 0.707. The van der Waals surface area contributed by atoms with Crippen molar-refractivity contribution >= 4 is 5.91 Å². The minimum atomic E-state index is -0.609. The van der Waals surface area contributed by atoms with Crippen LogP contribution in [-0.4, -0.2) is 90.8 Å². The SMILES string of the molecule is CN1CCC(Oc2ccc3c(c2)OCCN(CC(O)CN2CCc4ccccc4C2)C3=O)CC1. The van der Waals surface area contributed by atoms with Crippen LogP contribution in [0.5, 0.6) is 11.5 Å². The van der Waals surface area contributed by atoms with Gasteiger partial charge in [0.05, 0.1) is 18.2 Å². The molecule has 0 radical (unpaired) electrons. The number of carbonyl (C=O) groups is 1. The number of piperidine rings is 1. The van der Waals surface area contributed by atoms with Crippen molar-refractivity contribution in [1.82, 2.24) is 14.7 Å². The summed E-state index contributed by atoms with van der Waals surface area (Å²) in [7, 11) is 2.13. The average molecular weight is 466 g/mol. The molecule has 1 unspecified atom stereocenters. The molecule has 3 aliphatic rings. The second-order valence-electron chi connectivity index (χ2n) is 9.79. The molecule has 34 heavy (non-hydrogen) atoms. The van der Waals surface area contributed by atoms with Crippen molar-refractivity contribution in [2.75, 3.05) is 52.9 Å². The Labute approximate surface area is 201 Å². The first-order valence-electron chi connectivity index (χ1n) is 12.4. The summed E-state index contributed by atoms with van der Waals surface area (Å²) in [5.41, 5.74) is 3.25. The lowest BCUT2D eigenvalue weighted by molar-refractivity contribution is 0.0501. The van der Waals surface area contributed by atoms with Crippen molar-refractivity contribution in [3.05, 3.63) is 59.2 Å². The van der Waals surface area contributed by atoms with Crippen LogP contribution >= 0.6 is 0 Å². The molecule has 3 aliphatic heterocycles. The van der Waals surface area contributed by atoms with E-state index in [0.29, 0.717) is 37.6 Å². The van der Waals surface area contributed by atoms with Gasteiger partial charge in [-0.3, -0.25) is 9.69 Å². The zero-order valence-corrected chi connectivity index (χ0v) is 20.0. The zero-order valence-electron chi connectivity index (χ0n) is 20.0. The Kier molecular flexibility index (Phi) is 7.04. The fourth-order valence-corrected chi connectivity index (χ4v) is 5.20. The third-order valence-corrected chi connectivity index (χ3v) is 7.17. The highest BCUT2D eigenvalue weighted by atomic mass is 16.5. The van der Waals surface area contributed by atoms with Gasteiger partial charge in [-0.2, -0.15) is 0 Å².